The largest absolute Gasteiger partial charge is 0.331 e. The van der Waals surface area contributed by atoms with Gasteiger partial charge in [0.2, 0.25) is 0 Å². The first kappa shape index (κ1) is 24.6. The Morgan fingerprint density at radius 2 is 1.44 bits per heavy atom. The topological polar surface area (TPSA) is 27.7 Å². The maximum atomic E-state index is 5.68. The van der Waals surface area contributed by atoms with Gasteiger partial charge in [-0.2, -0.15) is 0 Å². The molecule has 0 bridgehead atoms. The van der Waals surface area contributed by atoms with E-state index < -0.39 is 5.97 Å². The Balaban J connectivity index is 2.72. The van der Waals surface area contributed by atoms with Gasteiger partial charge in [-0.05, 0) is 36.8 Å². The highest BCUT2D eigenvalue weighted by atomic mass is 79.9. The Kier molecular flexibility index (Phi) is 12.5. The zero-order valence-electron chi connectivity index (χ0n) is 17.9. The first-order valence-electron chi connectivity index (χ1n) is 10.4. The molecule has 0 saturated carbocycles. The first-order chi connectivity index (χ1) is 13.1. The van der Waals surface area contributed by atoms with Crippen LogP contribution in [-0.4, -0.2) is 27.3 Å². The summed E-state index contributed by atoms with van der Waals surface area (Å²) >= 11 is 3.72. The van der Waals surface area contributed by atoms with E-state index in [0.717, 1.165) is 25.7 Å². The number of hydrogen-bond acceptors (Lipinski definition) is 3. The van der Waals surface area contributed by atoms with E-state index in [1.807, 2.05) is 0 Å². The average molecular weight is 443 g/mol. The third-order valence-corrected chi connectivity index (χ3v) is 6.67. The average Bonchev–Trinajstić information content (AvgIpc) is 2.72. The number of benzene rings is 1. The van der Waals surface area contributed by atoms with Crippen LogP contribution >= 0.6 is 15.9 Å². The molecule has 0 N–H and O–H groups in total. The maximum absolute atomic E-state index is 5.68. The highest BCUT2D eigenvalue weighted by Gasteiger charge is 2.39. The third-order valence-electron chi connectivity index (χ3n) is 5.49. The molecule has 0 spiro atoms. The van der Waals surface area contributed by atoms with E-state index in [2.05, 4.69) is 54.0 Å². The zero-order valence-corrected chi connectivity index (χ0v) is 19.5. The minimum atomic E-state index is -0.951. The molecule has 2 atom stereocenters. The van der Waals surface area contributed by atoms with Crippen LogP contribution in [0.4, 0.5) is 0 Å². The second-order valence-corrected chi connectivity index (χ2v) is 8.38. The molecule has 0 amide bonds. The Labute approximate surface area is 175 Å². The minimum Gasteiger partial charge on any atom is -0.331 e. The van der Waals surface area contributed by atoms with Gasteiger partial charge in [0.1, 0.15) is 0 Å². The smallest absolute Gasteiger partial charge is 0.285 e. The summed E-state index contributed by atoms with van der Waals surface area (Å²) in [5, 5.41) is 0. The quantitative estimate of drug-likeness (QED) is 0.165. The third kappa shape index (κ3) is 7.84. The van der Waals surface area contributed by atoms with Crippen molar-refractivity contribution in [2.24, 2.45) is 5.92 Å². The molecule has 27 heavy (non-hydrogen) atoms. The molecule has 1 aromatic carbocycles. The Morgan fingerprint density at radius 1 is 0.852 bits per heavy atom. The fourth-order valence-electron chi connectivity index (χ4n) is 3.71. The van der Waals surface area contributed by atoms with Gasteiger partial charge in [0, 0.05) is 32.1 Å². The number of aryl methyl sites for hydroxylation is 1. The van der Waals surface area contributed by atoms with Crippen molar-refractivity contribution in [2.75, 3.05) is 21.3 Å². The normalized spacial score (nSPS) is 14.3. The zero-order chi connectivity index (χ0) is 20.1. The van der Waals surface area contributed by atoms with Gasteiger partial charge in [0.15, 0.2) is 0 Å². The summed E-state index contributed by atoms with van der Waals surface area (Å²) in [6.07, 6.45) is 10.5. The number of halogens is 1. The molecule has 0 saturated heterocycles. The molecule has 0 aliphatic rings. The van der Waals surface area contributed by atoms with Crippen molar-refractivity contribution in [3.63, 3.8) is 0 Å². The van der Waals surface area contributed by atoms with E-state index in [0.29, 0.717) is 4.83 Å². The predicted octanol–water partition coefficient (Wildman–Crippen LogP) is 7.03. The van der Waals surface area contributed by atoms with E-state index in [4.69, 9.17) is 14.2 Å². The van der Waals surface area contributed by atoms with Crippen molar-refractivity contribution in [3.8, 4) is 0 Å². The van der Waals surface area contributed by atoms with Gasteiger partial charge in [0.25, 0.3) is 5.97 Å². The van der Waals surface area contributed by atoms with E-state index in [-0.39, 0.29) is 5.92 Å². The summed E-state index contributed by atoms with van der Waals surface area (Å²) in [4.78, 5) is 0.436. The van der Waals surface area contributed by atoms with Crippen molar-refractivity contribution in [3.05, 3.63) is 35.4 Å². The SMILES string of the molecule is CCCCCCCC(CCc1ccc(C(Br)CC)cc1)C(OC)(OC)OC. The lowest BCUT2D eigenvalue weighted by Crippen LogP contribution is -2.44. The van der Waals surface area contributed by atoms with Gasteiger partial charge < -0.3 is 14.2 Å². The van der Waals surface area contributed by atoms with Crippen molar-refractivity contribution in [1.29, 1.82) is 0 Å². The van der Waals surface area contributed by atoms with Gasteiger partial charge in [0.05, 0.1) is 0 Å². The molecule has 0 heterocycles. The highest BCUT2D eigenvalue weighted by molar-refractivity contribution is 9.09. The van der Waals surface area contributed by atoms with Crippen molar-refractivity contribution in [1.82, 2.24) is 0 Å². The molecule has 0 aromatic heterocycles. The fourth-order valence-corrected chi connectivity index (χ4v) is 4.02. The minimum absolute atomic E-state index is 0.207. The molecular formula is C23H39BrO3. The summed E-state index contributed by atoms with van der Waals surface area (Å²) in [6, 6.07) is 8.94. The number of methoxy groups -OCH3 is 3. The summed E-state index contributed by atoms with van der Waals surface area (Å²) < 4.78 is 17.0. The molecule has 0 aliphatic carbocycles. The second kappa shape index (κ2) is 13.7. The molecule has 1 aromatic rings. The van der Waals surface area contributed by atoms with Crippen LogP contribution in [0, 0.1) is 5.92 Å². The van der Waals surface area contributed by atoms with E-state index >= 15 is 0 Å². The molecule has 1 rings (SSSR count). The summed E-state index contributed by atoms with van der Waals surface area (Å²) in [6.45, 7) is 4.44. The number of hydrogen-bond donors (Lipinski definition) is 0. The van der Waals surface area contributed by atoms with Crippen molar-refractivity contribution < 1.29 is 14.2 Å². The number of ether oxygens (including phenoxy) is 3. The van der Waals surface area contributed by atoms with Crippen LogP contribution in [0.1, 0.15) is 81.2 Å². The van der Waals surface area contributed by atoms with Crippen LogP contribution in [0.2, 0.25) is 0 Å². The summed E-state index contributed by atoms with van der Waals surface area (Å²) in [5.74, 6) is -0.744. The van der Waals surface area contributed by atoms with Crippen molar-refractivity contribution >= 4 is 15.9 Å². The van der Waals surface area contributed by atoms with Gasteiger partial charge >= 0.3 is 0 Å². The summed E-state index contributed by atoms with van der Waals surface area (Å²) in [5.41, 5.74) is 2.69. The fraction of sp³-hybridized carbons (Fsp3) is 0.739. The lowest BCUT2D eigenvalue weighted by molar-refractivity contribution is -0.380. The van der Waals surface area contributed by atoms with Crippen LogP contribution in [0.3, 0.4) is 0 Å². The molecule has 2 unspecified atom stereocenters. The number of rotatable bonds is 15. The van der Waals surface area contributed by atoms with Crippen LogP contribution in [0.25, 0.3) is 0 Å². The van der Waals surface area contributed by atoms with Crippen LogP contribution in [-0.2, 0) is 20.6 Å². The number of alkyl halides is 1. The standard InChI is InChI=1S/C23H39BrO3/c1-6-8-9-10-11-12-21(23(25-3,26-4)27-5)18-15-19-13-16-20(17-14-19)22(24)7-2/h13-14,16-17,21-22H,6-12,15,18H2,1-5H3. The van der Waals surface area contributed by atoms with E-state index in [1.165, 1.54) is 43.2 Å². The Hall–Kier alpha value is -0.420. The van der Waals surface area contributed by atoms with Crippen LogP contribution in [0.5, 0.6) is 0 Å². The van der Waals surface area contributed by atoms with Crippen LogP contribution < -0.4 is 0 Å². The highest BCUT2D eigenvalue weighted by Crippen LogP contribution is 2.33. The molecule has 0 aliphatic heterocycles. The molecule has 0 fully saturated rings. The molecule has 4 heteroatoms. The molecule has 3 nitrogen and oxygen atoms in total. The predicted molar refractivity (Wildman–Crippen MR) is 117 cm³/mol. The van der Waals surface area contributed by atoms with E-state index in [1.54, 1.807) is 21.3 Å². The maximum Gasteiger partial charge on any atom is 0.285 e. The van der Waals surface area contributed by atoms with Gasteiger partial charge in [-0.1, -0.05) is 86.1 Å². The van der Waals surface area contributed by atoms with E-state index in [9.17, 15) is 0 Å². The first-order valence-corrected chi connectivity index (χ1v) is 11.4. The lowest BCUT2D eigenvalue weighted by Gasteiger charge is -2.36. The summed E-state index contributed by atoms with van der Waals surface area (Å²) in [7, 11) is 5.02. The molecule has 156 valence electrons. The second-order valence-electron chi connectivity index (χ2n) is 7.27. The Morgan fingerprint density at radius 3 is 1.96 bits per heavy atom. The van der Waals surface area contributed by atoms with Crippen LogP contribution in [0.15, 0.2) is 24.3 Å². The number of unbranched alkanes of at least 4 members (excludes halogenated alkanes) is 4. The lowest BCUT2D eigenvalue weighted by atomic mass is 9.91. The van der Waals surface area contributed by atoms with Gasteiger partial charge in [-0.3, -0.25) is 0 Å². The van der Waals surface area contributed by atoms with Gasteiger partial charge in [-0.25, -0.2) is 0 Å². The van der Waals surface area contributed by atoms with Gasteiger partial charge in [-0.15, -0.1) is 0 Å². The molecule has 0 radical (unpaired) electrons. The molecular weight excluding hydrogens is 404 g/mol. The monoisotopic (exact) mass is 442 g/mol. The Bertz CT molecular complexity index is 477. The van der Waals surface area contributed by atoms with Crippen molar-refractivity contribution in [2.45, 2.75) is 82.4 Å².